The van der Waals surface area contributed by atoms with E-state index in [1.165, 1.54) is 5.56 Å². The third-order valence-corrected chi connectivity index (χ3v) is 7.26. The van der Waals surface area contributed by atoms with Crippen LogP contribution < -0.4 is 5.32 Å². The minimum Gasteiger partial charge on any atom is -0.352 e. The monoisotopic (exact) mass is 400 g/mol. The van der Waals surface area contributed by atoms with E-state index in [4.69, 9.17) is 0 Å². The summed E-state index contributed by atoms with van der Waals surface area (Å²) >= 11 is 0. The molecule has 1 saturated heterocycles. The molecule has 0 bridgehead atoms. The summed E-state index contributed by atoms with van der Waals surface area (Å²) in [6.07, 6.45) is 2.90. The minimum atomic E-state index is -3.41. The van der Waals surface area contributed by atoms with E-state index >= 15 is 0 Å². The summed E-state index contributed by atoms with van der Waals surface area (Å²) in [7, 11) is -3.41. The van der Waals surface area contributed by atoms with E-state index in [0.717, 1.165) is 24.8 Å². The van der Waals surface area contributed by atoms with Crippen molar-refractivity contribution in [2.45, 2.75) is 44.0 Å². The first kappa shape index (κ1) is 20.6. The quantitative estimate of drug-likeness (QED) is 0.774. The minimum absolute atomic E-state index is 0.0555. The van der Waals surface area contributed by atoms with Gasteiger partial charge in [-0.2, -0.15) is 4.31 Å². The molecule has 150 valence electrons. The van der Waals surface area contributed by atoms with Gasteiger partial charge in [-0.25, -0.2) is 8.42 Å². The Morgan fingerprint density at radius 3 is 2.32 bits per heavy atom. The second-order valence-electron chi connectivity index (χ2n) is 7.46. The first-order valence-electron chi connectivity index (χ1n) is 9.82. The lowest BCUT2D eigenvalue weighted by Gasteiger charge is -2.31. The molecule has 1 fully saturated rings. The Kier molecular flexibility index (Phi) is 6.86. The van der Waals surface area contributed by atoms with Crippen LogP contribution in [0, 0.1) is 12.8 Å². The second-order valence-corrected chi connectivity index (χ2v) is 9.40. The van der Waals surface area contributed by atoms with Gasteiger partial charge in [0.15, 0.2) is 0 Å². The van der Waals surface area contributed by atoms with E-state index in [1.54, 1.807) is 28.6 Å². The molecule has 0 aromatic heterocycles. The first-order chi connectivity index (χ1) is 13.4. The highest BCUT2D eigenvalue weighted by molar-refractivity contribution is 7.89. The number of hydrogen-bond acceptors (Lipinski definition) is 3. The number of sulfonamides is 1. The number of amides is 1. The van der Waals surface area contributed by atoms with Crippen LogP contribution in [0.1, 0.15) is 36.8 Å². The largest absolute Gasteiger partial charge is 0.352 e. The maximum Gasteiger partial charge on any atom is 0.243 e. The standard InChI is InChI=1S/C22H28N2O3S/c1-18-7-9-20(10-8-18)17-23-22(25)12-11-19-13-15-24(16-14-19)28(26,27)21-5-3-2-4-6-21/h2-10,19H,11-17H2,1H3,(H,23,25). The molecule has 0 unspecified atom stereocenters. The predicted octanol–water partition coefficient (Wildman–Crippen LogP) is 3.49. The fourth-order valence-corrected chi connectivity index (χ4v) is 5.00. The molecule has 0 spiro atoms. The van der Waals surface area contributed by atoms with Gasteiger partial charge < -0.3 is 5.32 Å². The van der Waals surface area contributed by atoms with E-state index in [9.17, 15) is 13.2 Å². The van der Waals surface area contributed by atoms with Crippen LogP contribution >= 0.6 is 0 Å². The number of hydrogen-bond donors (Lipinski definition) is 1. The van der Waals surface area contributed by atoms with Gasteiger partial charge in [0.25, 0.3) is 0 Å². The Morgan fingerprint density at radius 1 is 1.04 bits per heavy atom. The Bertz CT molecular complexity index is 872. The molecule has 0 atom stereocenters. The molecule has 1 aliphatic heterocycles. The van der Waals surface area contributed by atoms with Crippen molar-refractivity contribution in [1.29, 1.82) is 0 Å². The molecule has 2 aromatic carbocycles. The molecule has 0 aliphatic carbocycles. The Morgan fingerprint density at radius 2 is 1.68 bits per heavy atom. The van der Waals surface area contributed by atoms with Gasteiger partial charge in [0.1, 0.15) is 0 Å². The molecule has 3 rings (SSSR count). The van der Waals surface area contributed by atoms with Crippen molar-refractivity contribution in [2.75, 3.05) is 13.1 Å². The van der Waals surface area contributed by atoms with Gasteiger partial charge in [-0.05, 0) is 49.8 Å². The molecule has 2 aromatic rings. The first-order valence-corrected chi connectivity index (χ1v) is 11.3. The van der Waals surface area contributed by atoms with E-state index in [-0.39, 0.29) is 5.91 Å². The third-order valence-electron chi connectivity index (χ3n) is 5.34. The number of rotatable bonds is 7. The summed E-state index contributed by atoms with van der Waals surface area (Å²) in [5.41, 5.74) is 2.30. The normalized spacial score (nSPS) is 16.0. The molecule has 28 heavy (non-hydrogen) atoms. The van der Waals surface area contributed by atoms with E-state index in [0.29, 0.717) is 36.9 Å². The lowest BCUT2D eigenvalue weighted by atomic mass is 9.93. The Hall–Kier alpha value is -2.18. The third kappa shape index (κ3) is 5.42. The van der Waals surface area contributed by atoms with Gasteiger partial charge in [0.2, 0.25) is 15.9 Å². The number of nitrogens with one attached hydrogen (secondary N) is 1. The van der Waals surface area contributed by atoms with Crippen molar-refractivity contribution in [1.82, 2.24) is 9.62 Å². The summed E-state index contributed by atoms with van der Waals surface area (Å²) in [5, 5.41) is 2.97. The summed E-state index contributed by atoms with van der Waals surface area (Å²) in [5.74, 6) is 0.451. The lowest BCUT2D eigenvalue weighted by molar-refractivity contribution is -0.121. The maximum atomic E-state index is 12.7. The van der Waals surface area contributed by atoms with Crippen molar-refractivity contribution in [3.63, 3.8) is 0 Å². The SMILES string of the molecule is Cc1ccc(CNC(=O)CCC2CCN(S(=O)(=O)c3ccccc3)CC2)cc1. The average Bonchev–Trinajstić information content (AvgIpc) is 2.73. The van der Waals surface area contributed by atoms with Gasteiger partial charge in [-0.1, -0.05) is 48.0 Å². The van der Waals surface area contributed by atoms with Crippen molar-refractivity contribution in [2.24, 2.45) is 5.92 Å². The molecular weight excluding hydrogens is 372 g/mol. The lowest BCUT2D eigenvalue weighted by Crippen LogP contribution is -2.38. The fraction of sp³-hybridized carbons (Fsp3) is 0.409. The molecule has 0 saturated carbocycles. The fourth-order valence-electron chi connectivity index (χ4n) is 3.51. The predicted molar refractivity (Wildman–Crippen MR) is 110 cm³/mol. The van der Waals surface area contributed by atoms with Crippen molar-refractivity contribution < 1.29 is 13.2 Å². The second kappa shape index (κ2) is 9.34. The number of nitrogens with zero attached hydrogens (tertiary/aromatic N) is 1. The highest BCUT2D eigenvalue weighted by Gasteiger charge is 2.29. The molecule has 1 amide bonds. The summed E-state index contributed by atoms with van der Waals surface area (Å²) in [4.78, 5) is 12.5. The van der Waals surface area contributed by atoms with Gasteiger partial charge >= 0.3 is 0 Å². The van der Waals surface area contributed by atoms with Gasteiger partial charge in [0.05, 0.1) is 4.90 Å². The number of piperidine rings is 1. The topological polar surface area (TPSA) is 66.5 Å². The van der Waals surface area contributed by atoms with E-state index in [1.807, 2.05) is 37.3 Å². The molecule has 1 aliphatic rings. The summed E-state index contributed by atoms with van der Waals surface area (Å²) in [6.45, 7) is 3.63. The molecule has 5 nitrogen and oxygen atoms in total. The van der Waals surface area contributed by atoms with Gasteiger partial charge in [0, 0.05) is 26.1 Å². The Labute approximate surface area is 167 Å². The zero-order valence-corrected chi connectivity index (χ0v) is 17.1. The van der Waals surface area contributed by atoms with Crippen molar-refractivity contribution in [3.05, 3.63) is 65.7 Å². The smallest absolute Gasteiger partial charge is 0.243 e. The molecular formula is C22H28N2O3S. The number of carbonyl (C=O) groups excluding carboxylic acids is 1. The number of carbonyl (C=O) groups is 1. The number of aryl methyl sites for hydroxylation is 1. The van der Waals surface area contributed by atoms with Crippen LogP contribution in [0.25, 0.3) is 0 Å². The van der Waals surface area contributed by atoms with Crippen molar-refractivity contribution >= 4 is 15.9 Å². The van der Waals surface area contributed by atoms with E-state index in [2.05, 4.69) is 5.32 Å². The van der Waals surface area contributed by atoms with Gasteiger partial charge in [-0.3, -0.25) is 4.79 Å². The van der Waals surface area contributed by atoms with Crippen LogP contribution in [-0.2, 0) is 21.4 Å². The van der Waals surface area contributed by atoms with Crippen LogP contribution in [0.4, 0.5) is 0 Å². The highest BCUT2D eigenvalue weighted by atomic mass is 32.2. The van der Waals surface area contributed by atoms with Crippen LogP contribution in [0.5, 0.6) is 0 Å². The van der Waals surface area contributed by atoms with E-state index < -0.39 is 10.0 Å². The van der Waals surface area contributed by atoms with Crippen LogP contribution in [-0.4, -0.2) is 31.7 Å². The van der Waals surface area contributed by atoms with Crippen LogP contribution in [0.2, 0.25) is 0 Å². The molecule has 0 radical (unpaired) electrons. The van der Waals surface area contributed by atoms with Crippen LogP contribution in [0.15, 0.2) is 59.5 Å². The highest BCUT2D eigenvalue weighted by Crippen LogP contribution is 2.26. The Balaban J connectivity index is 1.40. The number of benzene rings is 2. The molecule has 1 N–H and O–H groups in total. The summed E-state index contributed by atoms with van der Waals surface area (Å²) in [6, 6.07) is 16.7. The average molecular weight is 401 g/mol. The van der Waals surface area contributed by atoms with Crippen molar-refractivity contribution in [3.8, 4) is 0 Å². The zero-order chi connectivity index (χ0) is 20.0. The maximum absolute atomic E-state index is 12.7. The van der Waals surface area contributed by atoms with Crippen LogP contribution in [0.3, 0.4) is 0 Å². The molecule has 1 heterocycles. The van der Waals surface area contributed by atoms with Gasteiger partial charge in [-0.15, -0.1) is 0 Å². The molecule has 6 heteroatoms. The zero-order valence-electron chi connectivity index (χ0n) is 16.3. The summed E-state index contributed by atoms with van der Waals surface area (Å²) < 4.78 is 26.9.